The lowest BCUT2D eigenvalue weighted by Gasteiger charge is -2.13. The molecular weight excluding hydrogens is 224 g/mol. The lowest BCUT2D eigenvalue weighted by atomic mass is 10.1. The molecule has 0 aliphatic carbocycles. The Balaban J connectivity index is 0. The molecule has 2 amide bonds. The molecule has 6 heteroatoms. The normalized spacial score (nSPS) is 10.8. The van der Waals surface area contributed by atoms with Gasteiger partial charge in [0.2, 0.25) is 11.8 Å². The van der Waals surface area contributed by atoms with Crippen molar-refractivity contribution in [2.24, 2.45) is 5.73 Å². The number of amides is 2. The van der Waals surface area contributed by atoms with Gasteiger partial charge in [0.25, 0.3) is 0 Å². The number of rotatable bonds is 7. The highest BCUT2D eigenvalue weighted by atomic mass is 16.4. The fourth-order valence-electron chi connectivity index (χ4n) is 1.05. The van der Waals surface area contributed by atoms with Crippen molar-refractivity contribution in [2.75, 3.05) is 0 Å². The smallest absolute Gasteiger partial charge is 0.303 e. The highest BCUT2D eigenvalue weighted by Gasteiger charge is 2.18. The molecule has 0 fully saturated rings. The van der Waals surface area contributed by atoms with Gasteiger partial charge in [0.15, 0.2) is 0 Å². The number of carbonyl (C=O) groups is 3. The van der Waals surface area contributed by atoms with Gasteiger partial charge in [-0.3, -0.25) is 14.4 Å². The quantitative estimate of drug-likeness (QED) is 0.612. The van der Waals surface area contributed by atoms with E-state index in [2.05, 4.69) is 5.32 Å². The van der Waals surface area contributed by atoms with Gasteiger partial charge in [0, 0.05) is 12.8 Å². The zero-order chi connectivity index (χ0) is 13.8. The van der Waals surface area contributed by atoms with E-state index in [0.717, 1.165) is 0 Å². The standard InChI is InChI=1S/C9H16N2O4.C2H6/c1-2-3-7(12)11-6(9(10)15)4-5-8(13)14;1-2/h6H,2-5H2,1H3,(H2,10,15)(H,11,12)(H,13,14);1-2H3. The number of hydrogen-bond donors (Lipinski definition) is 3. The summed E-state index contributed by atoms with van der Waals surface area (Å²) in [5.74, 6) is -2.02. The largest absolute Gasteiger partial charge is 0.481 e. The summed E-state index contributed by atoms with van der Waals surface area (Å²) in [6.45, 7) is 5.83. The highest BCUT2D eigenvalue weighted by Crippen LogP contribution is 1.98. The first-order chi connectivity index (χ1) is 7.97. The van der Waals surface area contributed by atoms with Crippen LogP contribution >= 0.6 is 0 Å². The van der Waals surface area contributed by atoms with E-state index >= 15 is 0 Å². The molecule has 0 bridgehead atoms. The van der Waals surface area contributed by atoms with E-state index in [9.17, 15) is 14.4 Å². The Morgan fingerprint density at radius 2 is 1.76 bits per heavy atom. The number of carbonyl (C=O) groups excluding carboxylic acids is 2. The van der Waals surface area contributed by atoms with Gasteiger partial charge in [0.1, 0.15) is 6.04 Å². The third-order valence-corrected chi connectivity index (χ3v) is 1.80. The predicted molar refractivity (Wildman–Crippen MR) is 64.3 cm³/mol. The lowest BCUT2D eigenvalue weighted by Crippen LogP contribution is -2.44. The minimum atomic E-state index is -1.02. The van der Waals surface area contributed by atoms with Crippen molar-refractivity contribution in [1.29, 1.82) is 0 Å². The van der Waals surface area contributed by atoms with Gasteiger partial charge in [-0.1, -0.05) is 20.8 Å². The van der Waals surface area contributed by atoms with E-state index < -0.39 is 17.9 Å². The van der Waals surface area contributed by atoms with Gasteiger partial charge in [-0.05, 0) is 12.8 Å². The van der Waals surface area contributed by atoms with Gasteiger partial charge in [0.05, 0.1) is 0 Å². The Morgan fingerprint density at radius 3 is 2.12 bits per heavy atom. The third kappa shape index (κ3) is 10.7. The van der Waals surface area contributed by atoms with Crippen LogP contribution in [0.15, 0.2) is 0 Å². The maximum absolute atomic E-state index is 11.1. The zero-order valence-electron chi connectivity index (χ0n) is 10.7. The van der Waals surface area contributed by atoms with E-state index in [4.69, 9.17) is 10.8 Å². The van der Waals surface area contributed by atoms with Crippen molar-refractivity contribution in [2.45, 2.75) is 52.5 Å². The number of carboxylic acids is 1. The van der Waals surface area contributed by atoms with Gasteiger partial charge in [-0.25, -0.2) is 0 Å². The molecule has 0 aliphatic rings. The molecular formula is C11H22N2O4. The van der Waals surface area contributed by atoms with Crippen molar-refractivity contribution in [1.82, 2.24) is 5.32 Å². The van der Waals surface area contributed by atoms with Crippen molar-refractivity contribution in [3.63, 3.8) is 0 Å². The van der Waals surface area contributed by atoms with E-state index in [1.54, 1.807) is 0 Å². The van der Waals surface area contributed by atoms with Gasteiger partial charge in [-0.2, -0.15) is 0 Å². The molecule has 0 spiro atoms. The van der Waals surface area contributed by atoms with Crippen molar-refractivity contribution in [3.05, 3.63) is 0 Å². The van der Waals surface area contributed by atoms with E-state index in [1.807, 2.05) is 20.8 Å². The molecule has 0 aromatic heterocycles. The Kier molecular flexibility index (Phi) is 11.4. The SMILES string of the molecule is CC.CCCC(=O)NC(CCC(=O)O)C(N)=O. The molecule has 0 aliphatic heterocycles. The topological polar surface area (TPSA) is 109 Å². The maximum atomic E-state index is 11.1. The summed E-state index contributed by atoms with van der Waals surface area (Å²) in [4.78, 5) is 32.3. The Morgan fingerprint density at radius 1 is 1.24 bits per heavy atom. The third-order valence-electron chi connectivity index (χ3n) is 1.80. The van der Waals surface area contributed by atoms with Gasteiger partial charge < -0.3 is 16.2 Å². The molecule has 6 nitrogen and oxygen atoms in total. The fraction of sp³-hybridized carbons (Fsp3) is 0.727. The van der Waals surface area contributed by atoms with E-state index in [-0.39, 0.29) is 18.7 Å². The Labute approximate surface area is 102 Å². The second kappa shape index (κ2) is 10.9. The minimum Gasteiger partial charge on any atom is -0.481 e. The second-order valence-corrected chi connectivity index (χ2v) is 3.20. The molecule has 0 aromatic carbocycles. The summed E-state index contributed by atoms with van der Waals surface area (Å²) in [6.07, 6.45) is 0.799. The summed E-state index contributed by atoms with van der Waals surface area (Å²) < 4.78 is 0. The molecule has 0 saturated heterocycles. The maximum Gasteiger partial charge on any atom is 0.303 e. The van der Waals surface area contributed by atoms with Crippen LogP contribution in [0.4, 0.5) is 0 Å². The first-order valence-corrected chi connectivity index (χ1v) is 5.77. The number of nitrogens with two attached hydrogens (primary N) is 1. The lowest BCUT2D eigenvalue weighted by molar-refractivity contribution is -0.137. The van der Waals surface area contributed by atoms with Crippen LogP contribution in [0.2, 0.25) is 0 Å². The number of carboxylic acid groups (broad SMARTS) is 1. The number of hydrogen-bond acceptors (Lipinski definition) is 3. The number of aliphatic carboxylic acids is 1. The van der Waals surface area contributed by atoms with Crippen LogP contribution in [0.25, 0.3) is 0 Å². The molecule has 4 N–H and O–H groups in total. The van der Waals surface area contributed by atoms with Crippen molar-refractivity contribution in [3.8, 4) is 0 Å². The monoisotopic (exact) mass is 246 g/mol. The summed E-state index contributed by atoms with van der Waals surface area (Å²) in [5.41, 5.74) is 5.02. The molecule has 1 unspecified atom stereocenters. The molecule has 0 aromatic rings. The van der Waals surface area contributed by atoms with E-state index in [0.29, 0.717) is 12.8 Å². The molecule has 0 saturated carbocycles. The number of primary amides is 1. The summed E-state index contributed by atoms with van der Waals surface area (Å²) in [6, 6.07) is -0.889. The molecule has 0 radical (unpaired) electrons. The van der Waals surface area contributed by atoms with Crippen LogP contribution in [-0.4, -0.2) is 28.9 Å². The second-order valence-electron chi connectivity index (χ2n) is 3.20. The molecule has 0 heterocycles. The Bertz CT molecular complexity index is 254. The average Bonchev–Trinajstić information content (AvgIpc) is 2.26. The Hall–Kier alpha value is -1.59. The molecule has 0 rings (SSSR count). The van der Waals surface area contributed by atoms with E-state index in [1.165, 1.54) is 0 Å². The first kappa shape index (κ1) is 17.8. The first-order valence-electron chi connectivity index (χ1n) is 5.77. The molecule has 100 valence electrons. The molecule has 1 atom stereocenters. The van der Waals surface area contributed by atoms with Crippen LogP contribution in [0.5, 0.6) is 0 Å². The van der Waals surface area contributed by atoms with Crippen LogP contribution in [-0.2, 0) is 14.4 Å². The fourth-order valence-corrected chi connectivity index (χ4v) is 1.05. The summed E-state index contributed by atoms with van der Waals surface area (Å²) in [7, 11) is 0. The van der Waals surface area contributed by atoms with Crippen molar-refractivity contribution < 1.29 is 19.5 Å². The average molecular weight is 246 g/mol. The molecule has 17 heavy (non-hydrogen) atoms. The van der Waals surface area contributed by atoms with Crippen LogP contribution in [0.1, 0.15) is 46.5 Å². The zero-order valence-corrected chi connectivity index (χ0v) is 10.7. The number of nitrogens with one attached hydrogen (secondary N) is 1. The van der Waals surface area contributed by atoms with Crippen LogP contribution in [0.3, 0.4) is 0 Å². The highest BCUT2D eigenvalue weighted by molar-refractivity contribution is 5.86. The summed E-state index contributed by atoms with van der Waals surface area (Å²) in [5, 5.41) is 10.8. The van der Waals surface area contributed by atoms with Crippen LogP contribution in [0, 0.1) is 0 Å². The van der Waals surface area contributed by atoms with Crippen LogP contribution < -0.4 is 11.1 Å². The minimum absolute atomic E-state index is 0.0279. The van der Waals surface area contributed by atoms with Crippen molar-refractivity contribution >= 4 is 17.8 Å². The summed E-state index contributed by atoms with van der Waals surface area (Å²) >= 11 is 0. The van der Waals surface area contributed by atoms with Gasteiger partial charge >= 0.3 is 5.97 Å². The van der Waals surface area contributed by atoms with Gasteiger partial charge in [-0.15, -0.1) is 0 Å². The predicted octanol–water partition coefficient (Wildman–Crippen LogP) is 0.648.